The molecule has 0 aliphatic carbocycles. The number of benzene rings is 1. The molecule has 1 aliphatic rings. The predicted octanol–water partition coefficient (Wildman–Crippen LogP) is 4.06. The highest BCUT2D eigenvalue weighted by Crippen LogP contribution is 2.35. The smallest absolute Gasteiger partial charge is 0.234 e. The van der Waals surface area contributed by atoms with E-state index in [1.54, 1.807) is 18.4 Å². The third kappa shape index (κ3) is 4.62. The lowest BCUT2D eigenvalue weighted by Gasteiger charge is -2.29. The Hall–Kier alpha value is -2.39. The first-order valence-electron chi connectivity index (χ1n) is 9.56. The highest BCUT2D eigenvalue weighted by molar-refractivity contribution is 8.00. The molecule has 1 aliphatic heterocycles. The lowest BCUT2D eigenvalue weighted by Crippen LogP contribution is -2.32. The number of carbonyl (C=O) groups is 1. The Morgan fingerprint density at radius 3 is 2.90 bits per heavy atom. The Kier molecular flexibility index (Phi) is 6.15. The monoisotopic (exact) mass is 429 g/mol. The summed E-state index contributed by atoms with van der Waals surface area (Å²) in [5.74, 6) is 1.55. The molecule has 1 aromatic carbocycles. The molecule has 1 amide bonds. The Balaban J connectivity index is 1.44. The minimum absolute atomic E-state index is 0.110. The fourth-order valence-corrected chi connectivity index (χ4v) is 5.17. The second kappa shape index (κ2) is 8.96. The number of piperidine rings is 1. The first-order chi connectivity index (χ1) is 14.1. The number of anilines is 2. The van der Waals surface area contributed by atoms with E-state index >= 15 is 0 Å². The molecule has 3 aromatic rings. The summed E-state index contributed by atoms with van der Waals surface area (Å²) < 4.78 is 6.22. The van der Waals surface area contributed by atoms with Crippen molar-refractivity contribution >= 4 is 50.2 Å². The minimum Gasteiger partial charge on any atom is -0.495 e. The van der Waals surface area contributed by atoms with E-state index in [-0.39, 0.29) is 11.7 Å². The number of methoxy groups -OCH3 is 1. The van der Waals surface area contributed by atoms with Crippen LogP contribution in [0.2, 0.25) is 0 Å². The maximum atomic E-state index is 12.4. The molecule has 2 aromatic heterocycles. The highest BCUT2D eigenvalue weighted by Gasteiger charge is 2.21. The average molecular weight is 430 g/mol. The average Bonchev–Trinajstić information content (AvgIpc) is 3.18. The lowest BCUT2D eigenvalue weighted by molar-refractivity contribution is -0.113. The summed E-state index contributed by atoms with van der Waals surface area (Å²) in [6, 6.07) is 7.36. The van der Waals surface area contributed by atoms with Gasteiger partial charge in [0.1, 0.15) is 21.8 Å². The van der Waals surface area contributed by atoms with Gasteiger partial charge in [0.25, 0.3) is 0 Å². The summed E-state index contributed by atoms with van der Waals surface area (Å²) in [5, 5.41) is 4.68. The number of rotatable bonds is 6. The van der Waals surface area contributed by atoms with Gasteiger partial charge in [-0.1, -0.05) is 42.2 Å². The predicted molar refractivity (Wildman–Crippen MR) is 118 cm³/mol. The zero-order chi connectivity index (χ0) is 20.2. The largest absolute Gasteiger partial charge is 0.495 e. The Bertz CT molecular complexity index is 1000. The zero-order valence-corrected chi connectivity index (χ0v) is 18.1. The van der Waals surface area contributed by atoms with Gasteiger partial charge in [-0.15, -0.1) is 0 Å². The number of thioether (sulfide) groups is 1. The van der Waals surface area contributed by atoms with Crippen molar-refractivity contribution < 1.29 is 9.53 Å². The molecule has 4 rings (SSSR count). The fourth-order valence-electron chi connectivity index (χ4n) is 3.23. The number of nitrogens with zero attached hydrogens (tertiary/aromatic N) is 4. The molecule has 9 heteroatoms. The third-order valence-corrected chi connectivity index (χ3v) is 7.15. The molecule has 29 heavy (non-hydrogen) atoms. The quantitative estimate of drug-likeness (QED) is 0.467. The Morgan fingerprint density at radius 1 is 1.31 bits per heavy atom. The molecule has 0 saturated carbocycles. The summed E-state index contributed by atoms with van der Waals surface area (Å²) in [6.45, 7) is 4.35. The molecule has 0 radical (unpaired) electrons. The standard InChI is InChI=1S/C20H23N5O2S2/c1-13-7-9-25(10-8-13)20-24-18-17(29-20)19(22-12-21-18)28-11-16(26)23-14-5-3-4-6-15(14)27-2/h3-6,12-13H,7-11H2,1-2H3,(H,23,26). The number of fused-ring (bicyclic) bond motifs is 1. The number of hydrogen-bond acceptors (Lipinski definition) is 8. The van der Waals surface area contributed by atoms with Crippen molar-refractivity contribution in [3.8, 4) is 5.75 Å². The Labute approximate surface area is 177 Å². The van der Waals surface area contributed by atoms with Crippen LogP contribution in [0.1, 0.15) is 19.8 Å². The second-order valence-corrected chi connectivity index (χ2v) is 8.98. The van der Waals surface area contributed by atoms with Gasteiger partial charge >= 0.3 is 0 Å². The van der Waals surface area contributed by atoms with Gasteiger partial charge in [-0.05, 0) is 30.9 Å². The van der Waals surface area contributed by atoms with Crippen LogP contribution >= 0.6 is 23.1 Å². The van der Waals surface area contributed by atoms with Crippen LogP contribution in [0.5, 0.6) is 5.75 Å². The number of carbonyl (C=O) groups excluding carboxylic acids is 1. The number of aromatic nitrogens is 3. The molecule has 0 atom stereocenters. The second-order valence-electron chi connectivity index (χ2n) is 7.03. The van der Waals surface area contributed by atoms with Crippen molar-refractivity contribution in [1.29, 1.82) is 0 Å². The number of thiazole rings is 1. The SMILES string of the molecule is COc1ccccc1NC(=O)CSc1ncnc2nc(N3CCC(C)CC3)sc12. The van der Waals surface area contributed by atoms with Crippen molar-refractivity contribution in [1.82, 2.24) is 15.0 Å². The molecule has 0 unspecified atom stereocenters. The van der Waals surface area contributed by atoms with Gasteiger partial charge in [-0.25, -0.2) is 9.97 Å². The number of ether oxygens (including phenoxy) is 1. The normalized spacial score (nSPS) is 14.9. The molecule has 0 spiro atoms. The van der Waals surface area contributed by atoms with Crippen molar-refractivity contribution in [2.45, 2.75) is 24.8 Å². The highest BCUT2D eigenvalue weighted by atomic mass is 32.2. The summed E-state index contributed by atoms with van der Waals surface area (Å²) in [7, 11) is 1.59. The van der Waals surface area contributed by atoms with Crippen LogP contribution in [0.3, 0.4) is 0 Å². The van der Waals surface area contributed by atoms with E-state index in [1.165, 1.54) is 30.9 Å². The maximum Gasteiger partial charge on any atom is 0.234 e. The van der Waals surface area contributed by atoms with Crippen LogP contribution in [-0.2, 0) is 4.79 Å². The van der Waals surface area contributed by atoms with Gasteiger partial charge in [-0.3, -0.25) is 4.79 Å². The van der Waals surface area contributed by atoms with Crippen LogP contribution in [-0.4, -0.2) is 46.8 Å². The van der Waals surface area contributed by atoms with Crippen molar-refractivity contribution in [3.63, 3.8) is 0 Å². The topological polar surface area (TPSA) is 80.2 Å². The van der Waals surface area contributed by atoms with E-state index in [9.17, 15) is 4.79 Å². The van der Waals surface area contributed by atoms with Crippen LogP contribution < -0.4 is 15.0 Å². The van der Waals surface area contributed by atoms with Gasteiger partial charge < -0.3 is 15.0 Å². The van der Waals surface area contributed by atoms with E-state index in [1.807, 2.05) is 24.3 Å². The minimum atomic E-state index is -0.110. The molecule has 1 saturated heterocycles. The summed E-state index contributed by atoms with van der Waals surface area (Å²) in [6.07, 6.45) is 3.89. The number of para-hydroxylation sites is 2. The van der Waals surface area contributed by atoms with Gasteiger partial charge in [0.15, 0.2) is 10.8 Å². The summed E-state index contributed by atoms with van der Waals surface area (Å²) in [5.41, 5.74) is 1.36. The van der Waals surface area contributed by atoms with Crippen LogP contribution in [0.15, 0.2) is 35.6 Å². The molecule has 152 valence electrons. The van der Waals surface area contributed by atoms with E-state index in [0.29, 0.717) is 17.1 Å². The van der Waals surface area contributed by atoms with Gasteiger partial charge in [0, 0.05) is 13.1 Å². The number of amides is 1. The number of nitrogens with one attached hydrogen (secondary N) is 1. The zero-order valence-electron chi connectivity index (χ0n) is 16.4. The van der Waals surface area contributed by atoms with E-state index in [2.05, 4.69) is 27.1 Å². The molecule has 1 N–H and O–H groups in total. The summed E-state index contributed by atoms with van der Waals surface area (Å²) >= 11 is 3.01. The third-order valence-electron chi connectivity index (χ3n) is 4.92. The molecule has 1 fully saturated rings. The van der Waals surface area contributed by atoms with E-state index in [4.69, 9.17) is 9.72 Å². The van der Waals surface area contributed by atoms with Gasteiger partial charge in [0.05, 0.1) is 18.6 Å². The van der Waals surface area contributed by atoms with Gasteiger partial charge in [-0.2, -0.15) is 4.98 Å². The molecule has 0 bridgehead atoms. The molecular weight excluding hydrogens is 406 g/mol. The first-order valence-corrected chi connectivity index (χ1v) is 11.4. The Morgan fingerprint density at radius 2 is 2.10 bits per heavy atom. The molecule has 3 heterocycles. The van der Waals surface area contributed by atoms with E-state index < -0.39 is 0 Å². The van der Waals surface area contributed by atoms with E-state index in [0.717, 1.165) is 33.9 Å². The number of hydrogen-bond donors (Lipinski definition) is 1. The van der Waals surface area contributed by atoms with Crippen LogP contribution in [0, 0.1) is 5.92 Å². The van der Waals surface area contributed by atoms with Crippen molar-refractivity contribution in [3.05, 3.63) is 30.6 Å². The van der Waals surface area contributed by atoms with Crippen molar-refractivity contribution in [2.24, 2.45) is 5.92 Å². The summed E-state index contributed by atoms with van der Waals surface area (Å²) in [4.78, 5) is 28.2. The van der Waals surface area contributed by atoms with Crippen molar-refractivity contribution in [2.75, 3.05) is 36.2 Å². The van der Waals surface area contributed by atoms with Crippen LogP contribution in [0.4, 0.5) is 10.8 Å². The molecular formula is C20H23N5O2S2. The lowest BCUT2D eigenvalue weighted by atomic mass is 10.00. The van der Waals surface area contributed by atoms with Gasteiger partial charge in [0.2, 0.25) is 5.91 Å². The van der Waals surface area contributed by atoms with Crippen LogP contribution in [0.25, 0.3) is 10.3 Å². The molecule has 7 nitrogen and oxygen atoms in total. The fraction of sp³-hybridized carbons (Fsp3) is 0.400. The maximum absolute atomic E-state index is 12.4. The first kappa shape index (κ1) is 19.9.